The third kappa shape index (κ3) is 8.02. The van der Waals surface area contributed by atoms with E-state index in [0.29, 0.717) is 0 Å². The number of aromatic nitrogens is 4. The standard InChI is InChI=1S/C78H66N4OSi/c1-76(2,3)52-44-47-79-71(48-52)82-67-37-20-19-34-61(67)62-41-40-55(50-69(62)82)83-54-25-21-24-53(49-54)80-51-81-74-64(35-22-38-68(74)80)60-33-18-17-32-59(60)63-42-43-66-73(78(6,7)46-45-77(66,4)5)72(63)65-36-23-39-70(75(65)81)84(56-26-11-8-12-27-56,57-28-13-9-14-29-57)58-30-15-10-16-31-58/h8-44,47-50H,45-46H2,1-7H3. The molecule has 10 aromatic carbocycles. The summed E-state index contributed by atoms with van der Waals surface area (Å²) in [6, 6.07) is 90.2. The summed E-state index contributed by atoms with van der Waals surface area (Å²) in [5, 5.41) is 7.57. The minimum absolute atomic E-state index is 0.0302. The van der Waals surface area contributed by atoms with Crippen molar-refractivity contribution < 1.29 is 9.30 Å². The average Bonchev–Trinajstić information content (AvgIpc) is 1.87. The van der Waals surface area contributed by atoms with Crippen LogP contribution in [0.5, 0.6) is 11.5 Å². The van der Waals surface area contributed by atoms with Gasteiger partial charge in [0.15, 0.2) is 8.07 Å². The average molecular weight is 1100 g/mol. The lowest BCUT2D eigenvalue weighted by atomic mass is 9.60. The number of hydrogen-bond acceptors (Lipinski definition) is 2. The Hall–Kier alpha value is -9.36. The summed E-state index contributed by atoms with van der Waals surface area (Å²) in [5.74, 6) is 2.35. The molecule has 1 aliphatic heterocycles. The first-order valence-corrected chi connectivity index (χ1v) is 31.7. The van der Waals surface area contributed by atoms with E-state index in [4.69, 9.17) is 9.72 Å². The van der Waals surface area contributed by atoms with Gasteiger partial charge in [0.1, 0.15) is 17.3 Å². The van der Waals surface area contributed by atoms with Crippen LogP contribution >= 0.6 is 0 Å². The lowest BCUT2D eigenvalue weighted by molar-refractivity contribution is -0.570. The van der Waals surface area contributed by atoms with Crippen LogP contribution in [-0.2, 0) is 16.2 Å². The molecule has 0 N–H and O–H groups in total. The molecule has 0 atom stereocenters. The van der Waals surface area contributed by atoms with Gasteiger partial charge in [0.25, 0.3) is 6.33 Å². The smallest absolute Gasteiger partial charge is 0.269 e. The van der Waals surface area contributed by atoms with Crippen molar-refractivity contribution >= 4 is 61.7 Å². The zero-order valence-electron chi connectivity index (χ0n) is 48.8. The van der Waals surface area contributed by atoms with Crippen LogP contribution in [0.25, 0.3) is 83.4 Å². The lowest BCUT2D eigenvalue weighted by Crippen LogP contribution is -2.76. The highest BCUT2D eigenvalue weighted by molar-refractivity contribution is 7.20. The highest BCUT2D eigenvalue weighted by atomic mass is 28.3. The predicted octanol–water partition coefficient (Wildman–Crippen LogP) is 16.3. The van der Waals surface area contributed by atoms with Crippen molar-refractivity contribution in [2.75, 3.05) is 0 Å². The van der Waals surface area contributed by atoms with Crippen LogP contribution in [0, 0.1) is 6.33 Å². The van der Waals surface area contributed by atoms with Crippen LogP contribution in [0.2, 0.25) is 0 Å². The van der Waals surface area contributed by atoms with Crippen LogP contribution in [0.1, 0.15) is 78.0 Å². The quantitative estimate of drug-likeness (QED) is 0.0658. The van der Waals surface area contributed by atoms with E-state index in [2.05, 4.69) is 311 Å². The highest BCUT2D eigenvalue weighted by Gasteiger charge is 2.46. The molecule has 84 heavy (non-hydrogen) atoms. The lowest BCUT2D eigenvalue weighted by Gasteiger charge is -2.44. The third-order valence-corrected chi connectivity index (χ3v) is 23.3. The number of hydrogen-bond donors (Lipinski definition) is 0. The molecule has 15 rings (SSSR count). The van der Waals surface area contributed by atoms with Gasteiger partial charge in [-0.25, -0.2) is 4.98 Å². The Balaban J connectivity index is 1.01. The van der Waals surface area contributed by atoms with Crippen molar-refractivity contribution in [3.8, 4) is 62.1 Å². The molecule has 3 aromatic heterocycles. The molecule has 0 fully saturated rings. The Morgan fingerprint density at radius 1 is 0.500 bits per heavy atom. The summed E-state index contributed by atoms with van der Waals surface area (Å²) >= 11 is 0. The molecule has 408 valence electrons. The molecule has 0 saturated heterocycles. The van der Waals surface area contributed by atoms with E-state index in [1.165, 1.54) is 70.6 Å². The Bertz CT molecular complexity index is 4640. The molecule has 6 heteroatoms. The summed E-state index contributed by atoms with van der Waals surface area (Å²) in [6.45, 7) is 16.6. The molecule has 5 nitrogen and oxygen atoms in total. The second kappa shape index (κ2) is 19.4. The van der Waals surface area contributed by atoms with Gasteiger partial charge >= 0.3 is 0 Å². The van der Waals surface area contributed by atoms with Crippen LogP contribution in [-0.4, -0.2) is 22.2 Å². The molecule has 0 spiro atoms. The maximum Gasteiger partial charge on any atom is 0.269 e. The van der Waals surface area contributed by atoms with E-state index in [1.54, 1.807) is 0 Å². The molecule has 0 bridgehead atoms. The Morgan fingerprint density at radius 2 is 1.08 bits per heavy atom. The van der Waals surface area contributed by atoms with Crippen molar-refractivity contribution in [3.05, 3.63) is 272 Å². The van der Waals surface area contributed by atoms with Gasteiger partial charge in [0, 0.05) is 23.0 Å². The number of pyridine rings is 1. The molecular weight excluding hydrogens is 1040 g/mol. The van der Waals surface area contributed by atoms with Gasteiger partial charge in [-0.3, -0.25) is 13.7 Å². The van der Waals surface area contributed by atoms with E-state index >= 15 is 0 Å². The van der Waals surface area contributed by atoms with Gasteiger partial charge in [-0.15, -0.1) is 0 Å². The molecule has 0 saturated carbocycles. The van der Waals surface area contributed by atoms with Crippen LogP contribution in [0.4, 0.5) is 0 Å². The van der Waals surface area contributed by atoms with Crippen molar-refractivity contribution in [1.29, 1.82) is 0 Å². The summed E-state index contributed by atoms with van der Waals surface area (Å²) < 4.78 is 14.1. The van der Waals surface area contributed by atoms with Gasteiger partial charge < -0.3 is 4.74 Å². The SMILES string of the molecule is CC(C)(C)c1ccnc(-n2c3ccccc3c3ccc(Oc4cccc(-n5[c-][n+]6c7c(cccc75)-c5ccccc5-c5ccc7c(c5-c5cccc([Si](c8ccccc8)(c8ccccc8)c8ccccc8)c5-6)C(C)(C)CCC7(C)C)c4)cc32)c1. The summed E-state index contributed by atoms with van der Waals surface area (Å²) in [4.78, 5) is 4.97. The van der Waals surface area contributed by atoms with Gasteiger partial charge in [-0.1, -0.05) is 237 Å². The molecule has 0 amide bonds. The van der Waals surface area contributed by atoms with Crippen LogP contribution in [0.3, 0.4) is 0 Å². The van der Waals surface area contributed by atoms with Crippen LogP contribution < -0.4 is 30.1 Å². The fourth-order valence-corrected chi connectivity index (χ4v) is 19.3. The first-order chi connectivity index (χ1) is 40.8. The Kier molecular flexibility index (Phi) is 11.9. The third-order valence-electron chi connectivity index (χ3n) is 18.5. The summed E-state index contributed by atoms with van der Waals surface area (Å²) in [7, 11) is -3.24. The molecule has 0 unspecified atom stereocenters. The molecule has 1 aliphatic carbocycles. The van der Waals surface area contributed by atoms with Gasteiger partial charge in [0.05, 0.1) is 33.4 Å². The maximum atomic E-state index is 7.03. The fraction of sp³-hybridized carbons (Fsp3) is 0.154. The number of imidazole rings is 1. The minimum atomic E-state index is -3.24. The topological polar surface area (TPSA) is 35.9 Å². The van der Waals surface area contributed by atoms with E-state index in [0.717, 1.165) is 74.5 Å². The van der Waals surface area contributed by atoms with Gasteiger partial charge in [-0.2, -0.15) is 0 Å². The second-order valence-corrected chi connectivity index (χ2v) is 29.3. The van der Waals surface area contributed by atoms with Gasteiger partial charge in [-0.05, 0) is 148 Å². The monoisotopic (exact) mass is 1100 g/mol. The molecular formula is C78H66N4OSi. The van der Waals surface area contributed by atoms with Gasteiger partial charge in [0.2, 0.25) is 0 Å². The van der Waals surface area contributed by atoms with E-state index in [1.807, 2.05) is 6.20 Å². The molecule has 13 aromatic rings. The van der Waals surface area contributed by atoms with E-state index < -0.39 is 8.07 Å². The van der Waals surface area contributed by atoms with Crippen molar-refractivity contribution in [3.63, 3.8) is 0 Å². The Morgan fingerprint density at radius 3 is 1.80 bits per heavy atom. The number of fused-ring (bicyclic) bond motifs is 12. The maximum absolute atomic E-state index is 7.03. The number of ether oxygens (including phenoxy) is 1. The fourth-order valence-electron chi connectivity index (χ4n) is 14.3. The number of rotatable bonds is 8. The minimum Gasteiger partial charge on any atom is -0.458 e. The summed E-state index contributed by atoms with van der Waals surface area (Å²) in [6.07, 6.45) is 8.33. The summed E-state index contributed by atoms with van der Waals surface area (Å²) in [5.41, 5.74) is 17.6. The molecule has 0 radical (unpaired) electrons. The van der Waals surface area contributed by atoms with Crippen LogP contribution in [0.15, 0.2) is 249 Å². The van der Waals surface area contributed by atoms with E-state index in [-0.39, 0.29) is 16.2 Å². The zero-order chi connectivity index (χ0) is 57.1. The van der Waals surface area contributed by atoms with E-state index in [9.17, 15) is 0 Å². The van der Waals surface area contributed by atoms with Crippen molar-refractivity contribution in [2.24, 2.45) is 0 Å². The van der Waals surface area contributed by atoms with Crippen molar-refractivity contribution in [2.45, 2.75) is 77.6 Å². The number of benzene rings is 10. The second-order valence-electron chi connectivity index (χ2n) is 25.5. The Labute approximate surface area is 493 Å². The first kappa shape index (κ1) is 51.5. The molecule has 2 aliphatic rings. The number of para-hydroxylation sites is 3. The van der Waals surface area contributed by atoms with Crippen molar-refractivity contribution in [1.82, 2.24) is 14.1 Å². The first-order valence-electron chi connectivity index (χ1n) is 29.7. The normalized spacial score (nSPS) is 14.2. The largest absolute Gasteiger partial charge is 0.458 e. The molecule has 4 heterocycles. The highest BCUT2D eigenvalue weighted by Crippen LogP contribution is 2.54. The predicted molar refractivity (Wildman–Crippen MR) is 350 cm³/mol. The zero-order valence-corrected chi connectivity index (χ0v) is 49.8. The number of nitrogens with zero attached hydrogens (tertiary/aromatic N) is 4.